The predicted molar refractivity (Wildman–Crippen MR) is 96.6 cm³/mol. The summed E-state index contributed by atoms with van der Waals surface area (Å²) in [5.74, 6) is -0.396. The number of hydrogen-bond donors (Lipinski definition) is 2. The number of nitrogens with one attached hydrogen (secondary N) is 2. The van der Waals surface area contributed by atoms with Crippen molar-refractivity contribution in [3.8, 4) is 0 Å². The Morgan fingerprint density at radius 1 is 1.12 bits per heavy atom. The van der Waals surface area contributed by atoms with Crippen LogP contribution in [0, 0.1) is 6.92 Å². The molecule has 2 amide bonds. The van der Waals surface area contributed by atoms with Crippen LogP contribution in [-0.2, 0) is 11.3 Å². The maximum atomic E-state index is 12.6. The van der Waals surface area contributed by atoms with E-state index >= 15 is 0 Å². The molecule has 0 saturated carbocycles. The van der Waals surface area contributed by atoms with Crippen LogP contribution in [0.25, 0.3) is 11.0 Å². The lowest BCUT2D eigenvalue weighted by molar-refractivity contribution is -0.114. The first kappa shape index (κ1) is 16.6. The molecule has 1 heterocycles. The van der Waals surface area contributed by atoms with Crippen LogP contribution in [0.4, 0.5) is 11.4 Å². The molecule has 0 radical (unpaired) electrons. The second-order valence-electron chi connectivity index (χ2n) is 5.72. The van der Waals surface area contributed by atoms with Crippen LogP contribution < -0.4 is 10.6 Å². The second kappa shape index (κ2) is 6.72. The number of hydrogen-bond acceptors (Lipinski definition) is 4. The van der Waals surface area contributed by atoms with Gasteiger partial charge in [0, 0.05) is 30.4 Å². The van der Waals surface area contributed by atoms with Crippen molar-refractivity contribution in [3.05, 3.63) is 47.5 Å². The zero-order valence-corrected chi connectivity index (χ0v) is 14.3. The SMILES string of the molecule is CCn1nnc2cc(C(=O)Nc3cccc(NC(C)=O)c3C)ccc21. The smallest absolute Gasteiger partial charge is 0.255 e. The Kier molecular flexibility index (Phi) is 4.47. The van der Waals surface area contributed by atoms with Crippen LogP contribution in [0.1, 0.15) is 29.8 Å². The van der Waals surface area contributed by atoms with Crippen molar-refractivity contribution in [1.29, 1.82) is 0 Å². The molecular weight excluding hydrogens is 318 g/mol. The molecule has 0 aliphatic carbocycles. The average Bonchev–Trinajstić information content (AvgIpc) is 3.00. The zero-order valence-electron chi connectivity index (χ0n) is 14.3. The largest absolute Gasteiger partial charge is 0.326 e. The van der Waals surface area contributed by atoms with Gasteiger partial charge in [-0.1, -0.05) is 11.3 Å². The topological polar surface area (TPSA) is 88.9 Å². The molecule has 2 aromatic carbocycles. The third kappa shape index (κ3) is 3.35. The first-order valence-corrected chi connectivity index (χ1v) is 8.01. The van der Waals surface area contributed by atoms with Crippen molar-refractivity contribution in [2.45, 2.75) is 27.3 Å². The van der Waals surface area contributed by atoms with E-state index in [2.05, 4.69) is 20.9 Å². The highest BCUT2D eigenvalue weighted by Crippen LogP contribution is 2.24. The molecule has 0 aliphatic heterocycles. The normalized spacial score (nSPS) is 10.7. The molecule has 0 atom stereocenters. The Labute approximate surface area is 145 Å². The summed E-state index contributed by atoms with van der Waals surface area (Å²) >= 11 is 0. The van der Waals surface area contributed by atoms with Crippen LogP contribution >= 0.6 is 0 Å². The van der Waals surface area contributed by atoms with E-state index in [1.165, 1.54) is 6.92 Å². The minimum atomic E-state index is -0.240. The lowest BCUT2D eigenvalue weighted by atomic mass is 10.1. The number of amides is 2. The number of aryl methyl sites for hydroxylation is 1. The van der Waals surface area contributed by atoms with Gasteiger partial charge in [0.2, 0.25) is 5.91 Å². The monoisotopic (exact) mass is 337 g/mol. The highest BCUT2D eigenvalue weighted by Gasteiger charge is 2.12. The number of rotatable bonds is 4. The van der Waals surface area contributed by atoms with Crippen LogP contribution in [0.5, 0.6) is 0 Å². The summed E-state index contributed by atoms with van der Waals surface area (Å²) in [6.45, 7) is 6.00. The van der Waals surface area contributed by atoms with Gasteiger partial charge in [-0.2, -0.15) is 0 Å². The summed E-state index contributed by atoms with van der Waals surface area (Å²) in [7, 11) is 0. The van der Waals surface area contributed by atoms with Crippen LogP contribution in [0.15, 0.2) is 36.4 Å². The van der Waals surface area contributed by atoms with E-state index in [1.54, 1.807) is 35.0 Å². The molecule has 1 aromatic heterocycles. The molecule has 2 N–H and O–H groups in total. The maximum absolute atomic E-state index is 12.6. The summed E-state index contributed by atoms with van der Waals surface area (Å²) in [6.07, 6.45) is 0. The van der Waals surface area contributed by atoms with Gasteiger partial charge in [-0.05, 0) is 49.7 Å². The number of nitrogens with zero attached hydrogens (tertiary/aromatic N) is 3. The molecule has 3 aromatic rings. The van der Waals surface area contributed by atoms with Crippen molar-refractivity contribution in [2.24, 2.45) is 0 Å². The Balaban J connectivity index is 1.86. The van der Waals surface area contributed by atoms with Gasteiger partial charge in [0.05, 0.1) is 5.52 Å². The lowest BCUT2D eigenvalue weighted by Crippen LogP contribution is -2.14. The van der Waals surface area contributed by atoms with E-state index in [-0.39, 0.29) is 11.8 Å². The number of fused-ring (bicyclic) bond motifs is 1. The molecule has 0 saturated heterocycles. The van der Waals surface area contributed by atoms with Gasteiger partial charge in [-0.3, -0.25) is 9.59 Å². The Bertz CT molecular complexity index is 961. The third-order valence-corrected chi connectivity index (χ3v) is 3.97. The van der Waals surface area contributed by atoms with Crippen LogP contribution in [0.2, 0.25) is 0 Å². The average molecular weight is 337 g/mol. The van der Waals surface area contributed by atoms with Crippen molar-refractivity contribution in [3.63, 3.8) is 0 Å². The fourth-order valence-corrected chi connectivity index (χ4v) is 2.64. The molecule has 7 nitrogen and oxygen atoms in total. The summed E-state index contributed by atoms with van der Waals surface area (Å²) in [5.41, 5.74) is 4.19. The number of benzene rings is 2. The molecule has 0 fully saturated rings. The first-order valence-electron chi connectivity index (χ1n) is 8.01. The molecule has 0 bridgehead atoms. The van der Waals surface area contributed by atoms with Crippen molar-refractivity contribution in [1.82, 2.24) is 15.0 Å². The van der Waals surface area contributed by atoms with E-state index in [9.17, 15) is 9.59 Å². The zero-order chi connectivity index (χ0) is 18.0. The Morgan fingerprint density at radius 3 is 2.52 bits per heavy atom. The molecule has 128 valence electrons. The molecule has 0 aliphatic rings. The fourth-order valence-electron chi connectivity index (χ4n) is 2.64. The molecule has 7 heteroatoms. The molecule has 3 rings (SSSR count). The quantitative estimate of drug-likeness (QED) is 0.766. The number of carbonyl (C=O) groups is 2. The second-order valence-corrected chi connectivity index (χ2v) is 5.72. The molecule has 25 heavy (non-hydrogen) atoms. The fraction of sp³-hybridized carbons (Fsp3) is 0.222. The van der Waals surface area contributed by atoms with Gasteiger partial charge >= 0.3 is 0 Å². The third-order valence-electron chi connectivity index (χ3n) is 3.97. The van der Waals surface area contributed by atoms with E-state index in [4.69, 9.17) is 0 Å². The van der Waals surface area contributed by atoms with E-state index in [0.29, 0.717) is 22.5 Å². The minimum absolute atomic E-state index is 0.156. The number of carbonyl (C=O) groups excluding carboxylic acids is 2. The maximum Gasteiger partial charge on any atom is 0.255 e. The summed E-state index contributed by atoms with van der Waals surface area (Å²) in [5, 5.41) is 13.8. The lowest BCUT2D eigenvalue weighted by Gasteiger charge is -2.12. The molecule has 0 spiro atoms. The summed E-state index contributed by atoms with van der Waals surface area (Å²) in [4.78, 5) is 23.8. The van der Waals surface area contributed by atoms with Crippen molar-refractivity contribution in [2.75, 3.05) is 10.6 Å². The number of aromatic nitrogens is 3. The Morgan fingerprint density at radius 2 is 1.84 bits per heavy atom. The van der Waals surface area contributed by atoms with E-state index in [1.807, 2.05) is 19.9 Å². The van der Waals surface area contributed by atoms with Crippen LogP contribution in [-0.4, -0.2) is 26.8 Å². The predicted octanol–water partition coefficient (Wildman–Crippen LogP) is 2.97. The van der Waals surface area contributed by atoms with Gasteiger partial charge in [-0.25, -0.2) is 4.68 Å². The summed E-state index contributed by atoms with van der Waals surface area (Å²) in [6, 6.07) is 10.7. The minimum Gasteiger partial charge on any atom is -0.326 e. The Hall–Kier alpha value is -3.22. The molecular formula is C18H19N5O2. The molecule has 0 unspecified atom stereocenters. The van der Waals surface area contributed by atoms with E-state index < -0.39 is 0 Å². The van der Waals surface area contributed by atoms with Gasteiger partial charge in [0.1, 0.15) is 5.52 Å². The van der Waals surface area contributed by atoms with Crippen molar-refractivity contribution < 1.29 is 9.59 Å². The highest BCUT2D eigenvalue weighted by molar-refractivity contribution is 6.06. The van der Waals surface area contributed by atoms with Gasteiger partial charge < -0.3 is 10.6 Å². The highest BCUT2D eigenvalue weighted by atomic mass is 16.2. The first-order chi connectivity index (χ1) is 12.0. The van der Waals surface area contributed by atoms with E-state index in [0.717, 1.165) is 17.6 Å². The standard InChI is InChI=1S/C18H19N5O2/c1-4-23-17-9-8-13(10-16(17)21-22-23)18(25)20-15-7-5-6-14(11(15)2)19-12(3)24/h5-10H,4H2,1-3H3,(H,19,24)(H,20,25). The van der Waals surface area contributed by atoms with Crippen molar-refractivity contribution >= 4 is 34.2 Å². The van der Waals surface area contributed by atoms with Gasteiger partial charge in [-0.15, -0.1) is 5.10 Å². The number of anilines is 2. The summed E-state index contributed by atoms with van der Waals surface area (Å²) < 4.78 is 1.78. The van der Waals surface area contributed by atoms with Crippen LogP contribution in [0.3, 0.4) is 0 Å². The van der Waals surface area contributed by atoms with Gasteiger partial charge in [0.25, 0.3) is 5.91 Å². The van der Waals surface area contributed by atoms with Gasteiger partial charge in [0.15, 0.2) is 0 Å².